The van der Waals surface area contributed by atoms with Crippen molar-refractivity contribution in [3.05, 3.63) is 33.9 Å². The first-order chi connectivity index (χ1) is 10.6. The molecule has 0 amide bonds. The molecule has 0 aliphatic rings. The van der Waals surface area contributed by atoms with Crippen LogP contribution >= 0.6 is 0 Å². The van der Waals surface area contributed by atoms with Gasteiger partial charge in [0.25, 0.3) is 0 Å². The summed E-state index contributed by atoms with van der Waals surface area (Å²) < 4.78 is 15.7. The van der Waals surface area contributed by atoms with E-state index in [9.17, 15) is 10.1 Å². The Labute approximate surface area is 129 Å². The van der Waals surface area contributed by atoms with Gasteiger partial charge in [-0.05, 0) is 14.0 Å². The predicted molar refractivity (Wildman–Crippen MR) is 79.8 cm³/mol. The maximum Gasteiger partial charge on any atom is 0.311 e. The Morgan fingerprint density at radius 3 is 2.68 bits per heavy atom. The molecule has 0 radical (unpaired) electrons. The number of para-hydroxylation sites is 1. The summed E-state index contributed by atoms with van der Waals surface area (Å²) in [4.78, 5) is 10.6. The number of nitrogens with one attached hydrogen (secondary N) is 1. The Hall–Kier alpha value is -1.74. The predicted octanol–water partition coefficient (Wildman–Crippen LogP) is 1.06. The molecule has 8 nitrogen and oxygen atoms in total. The van der Waals surface area contributed by atoms with Crippen LogP contribution in [0, 0.1) is 10.1 Å². The van der Waals surface area contributed by atoms with Crippen molar-refractivity contribution >= 4 is 5.69 Å². The highest BCUT2D eigenvalue weighted by molar-refractivity contribution is 5.51. The molecule has 1 rings (SSSR count). The minimum Gasteiger partial charge on any atom is -0.484 e. The molecule has 0 saturated carbocycles. The molecule has 0 bridgehead atoms. The second kappa shape index (κ2) is 10.1. The second-order valence-corrected chi connectivity index (χ2v) is 4.48. The summed E-state index contributed by atoms with van der Waals surface area (Å²) in [6.45, 7) is 3.04. The van der Waals surface area contributed by atoms with Crippen LogP contribution in [0.3, 0.4) is 0 Å². The summed E-state index contributed by atoms with van der Waals surface area (Å²) in [6.07, 6.45) is -0.823. The first kappa shape index (κ1) is 18.3. The largest absolute Gasteiger partial charge is 0.484 e. The van der Waals surface area contributed by atoms with Crippen molar-refractivity contribution in [3.63, 3.8) is 0 Å². The topological polar surface area (TPSA) is 103 Å². The van der Waals surface area contributed by atoms with Crippen molar-refractivity contribution in [2.24, 2.45) is 0 Å². The normalized spacial score (nSPS) is 12.1. The zero-order valence-electron chi connectivity index (χ0n) is 12.8. The third-order valence-electron chi connectivity index (χ3n) is 2.70. The highest BCUT2D eigenvalue weighted by Gasteiger charge is 2.18. The Balaban J connectivity index is 2.48. The highest BCUT2D eigenvalue weighted by Crippen LogP contribution is 2.30. The molecule has 22 heavy (non-hydrogen) atoms. The number of nitro benzene ring substituents is 1. The lowest BCUT2D eigenvalue weighted by Gasteiger charge is -2.12. The van der Waals surface area contributed by atoms with Gasteiger partial charge in [-0.15, -0.1) is 0 Å². The van der Waals surface area contributed by atoms with E-state index >= 15 is 0 Å². The van der Waals surface area contributed by atoms with E-state index in [0.29, 0.717) is 18.7 Å². The molecule has 1 atom stereocenters. The quantitative estimate of drug-likeness (QED) is 0.272. The average Bonchev–Trinajstić information content (AvgIpc) is 2.47. The highest BCUT2D eigenvalue weighted by atomic mass is 16.6. The lowest BCUT2D eigenvalue weighted by Crippen LogP contribution is -2.15. The van der Waals surface area contributed by atoms with E-state index in [0.717, 1.165) is 0 Å². The second-order valence-electron chi connectivity index (χ2n) is 4.48. The molecular formula is C14H22N2O6. The summed E-state index contributed by atoms with van der Waals surface area (Å²) in [7, 11) is 1.76. The number of aliphatic hydroxyl groups excluding tert-OH is 1. The number of nitrogens with zero attached hydrogens (tertiary/aromatic N) is 1. The van der Waals surface area contributed by atoms with Crippen LogP contribution in [0.4, 0.5) is 5.69 Å². The summed E-state index contributed by atoms with van der Waals surface area (Å²) in [5.74, 6) is 0.255. The van der Waals surface area contributed by atoms with Crippen LogP contribution in [0.2, 0.25) is 0 Å². The minimum atomic E-state index is -0.823. The maximum absolute atomic E-state index is 11.0. The third kappa shape index (κ3) is 6.35. The molecule has 0 aliphatic carbocycles. The summed E-state index contributed by atoms with van der Waals surface area (Å²) in [5, 5.41) is 22.9. The van der Waals surface area contributed by atoms with Crippen molar-refractivity contribution < 1.29 is 24.2 Å². The molecule has 1 unspecified atom stereocenters. The van der Waals surface area contributed by atoms with Crippen LogP contribution < -0.4 is 10.1 Å². The SMILES string of the molecule is CNCc1cccc([N+](=O)[O-])c1OCCOCCOC(C)O. The number of rotatable bonds is 11. The van der Waals surface area contributed by atoms with Crippen molar-refractivity contribution in [2.75, 3.05) is 33.5 Å². The van der Waals surface area contributed by atoms with Crippen LogP contribution in [-0.4, -0.2) is 49.8 Å². The van der Waals surface area contributed by atoms with Crippen molar-refractivity contribution in [1.29, 1.82) is 0 Å². The number of hydrogen-bond acceptors (Lipinski definition) is 7. The average molecular weight is 314 g/mol. The zero-order chi connectivity index (χ0) is 16.4. The van der Waals surface area contributed by atoms with Crippen molar-refractivity contribution in [3.8, 4) is 5.75 Å². The molecule has 0 saturated heterocycles. The van der Waals surface area contributed by atoms with Gasteiger partial charge in [0.1, 0.15) is 6.61 Å². The van der Waals surface area contributed by atoms with Crippen LogP contribution in [0.15, 0.2) is 18.2 Å². The van der Waals surface area contributed by atoms with Gasteiger partial charge in [-0.2, -0.15) is 0 Å². The van der Waals surface area contributed by atoms with Crippen LogP contribution in [0.1, 0.15) is 12.5 Å². The number of benzene rings is 1. The molecule has 8 heteroatoms. The fraction of sp³-hybridized carbons (Fsp3) is 0.571. The zero-order valence-corrected chi connectivity index (χ0v) is 12.8. The lowest BCUT2D eigenvalue weighted by molar-refractivity contribution is -0.386. The van der Waals surface area contributed by atoms with Gasteiger partial charge in [-0.3, -0.25) is 10.1 Å². The molecule has 1 aromatic carbocycles. The maximum atomic E-state index is 11.0. The summed E-state index contributed by atoms with van der Waals surface area (Å²) in [5.41, 5.74) is 0.652. The van der Waals surface area contributed by atoms with Gasteiger partial charge in [0.15, 0.2) is 6.29 Å². The van der Waals surface area contributed by atoms with Crippen molar-refractivity contribution in [2.45, 2.75) is 19.8 Å². The fourth-order valence-corrected chi connectivity index (χ4v) is 1.79. The van der Waals surface area contributed by atoms with Crippen LogP contribution in [0.5, 0.6) is 5.75 Å². The van der Waals surface area contributed by atoms with Gasteiger partial charge >= 0.3 is 5.69 Å². The first-order valence-corrected chi connectivity index (χ1v) is 6.97. The number of hydrogen-bond donors (Lipinski definition) is 2. The van der Waals surface area contributed by atoms with Crippen LogP contribution in [-0.2, 0) is 16.0 Å². The molecule has 0 aromatic heterocycles. The van der Waals surface area contributed by atoms with Gasteiger partial charge in [-0.1, -0.05) is 12.1 Å². The Morgan fingerprint density at radius 1 is 1.32 bits per heavy atom. The first-order valence-electron chi connectivity index (χ1n) is 6.97. The summed E-state index contributed by atoms with van der Waals surface area (Å²) in [6, 6.07) is 4.81. The molecule has 0 fully saturated rings. The van der Waals surface area contributed by atoms with E-state index in [-0.39, 0.29) is 31.3 Å². The van der Waals surface area contributed by atoms with Gasteiger partial charge in [0.2, 0.25) is 5.75 Å². The van der Waals surface area contributed by atoms with E-state index in [1.165, 1.54) is 13.0 Å². The standard InChI is InChI=1S/C14H22N2O6/c1-11(17)21-8-6-20-7-9-22-14-12(10-15-2)4-3-5-13(14)16(18)19/h3-5,11,15,17H,6-10H2,1-2H3. The lowest BCUT2D eigenvalue weighted by atomic mass is 10.1. The van der Waals surface area contributed by atoms with Gasteiger partial charge in [0.05, 0.1) is 24.7 Å². The number of aliphatic hydroxyl groups is 1. The third-order valence-corrected chi connectivity index (χ3v) is 2.70. The number of ether oxygens (including phenoxy) is 3. The van der Waals surface area contributed by atoms with Crippen LogP contribution in [0.25, 0.3) is 0 Å². The van der Waals surface area contributed by atoms with E-state index < -0.39 is 11.2 Å². The van der Waals surface area contributed by atoms with Gasteiger partial charge in [-0.25, -0.2) is 0 Å². The number of nitro groups is 1. The Bertz CT molecular complexity index is 467. The molecule has 0 spiro atoms. The van der Waals surface area contributed by atoms with E-state index in [4.69, 9.17) is 19.3 Å². The van der Waals surface area contributed by atoms with Crippen molar-refractivity contribution in [1.82, 2.24) is 5.32 Å². The van der Waals surface area contributed by atoms with E-state index in [1.807, 2.05) is 0 Å². The van der Waals surface area contributed by atoms with Gasteiger partial charge < -0.3 is 24.6 Å². The molecule has 0 aliphatic heterocycles. The molecular weight excluding hydrogens is 292 g/mol. The minimum absolute atomic E-state index is 0.0646. The smallest absolute Gasteiger partial charge is 0.311 e. The Morgan fingerprint density at radius 2 is 2.05 bits per heavy atom. The Kier molecular flexibility index (Phi) is 8.38. The molecule has 124 valence electrons. The van der Waals surface area contributed by atoms with Gasteiger partial charge in [0, 0.05) is 18.2 Å². The molecule has 0 heterocycles. The van der Waals surface area contributed by atoms with E-state index in [2.05, 4.69) is 5.32 Å². The summed E-state index contributed by atoms with van der Waals surface area (Å²) >= 11 is 0. The fourth-order valence-electron chi connectivity index (χ4n) is 1.79. The monoisotopic (exact) mass is 314 g/mol. The van der Waals surface area contributed by atoms with E-state index in [1.54, 1.807) is 19.2 Å². The molecule has 1 aromatic rings. The molecule has 2 N–H and O–H groups in total.